The largest absolute Gasteiger partial charge is 0.486 e. The number of aromatic nitrogens is 1. The molecule has 88 valence electrons. The average Bonchev–Trinajstić information content (AvgIpc) is 2.89. The van der Waals surface area contributed by atoms with Crippen LogP contribution in [0.15, 0.2) is 41.0 Å². The van der Waals surface area contributed by atoms with Crippen LogP contribution in [0.3, 0.4) is 0 Å². The summed E-state index contributed by atoms with van der Waals surface area (Å²) in [5.41, 5.74) is 6.10. The summed E-state index contributed by atoms with van der Waals surface area (Å²) in [7, 11) is 0. The third-order valence-electron chi connectivity index (χ3n) is 2.08. The standard InChI is InChI=1S/C11H11N3O2S/c12-11(14-15)8-2-1-3-9(6-8)16-7-10-13-4-5-17-10/h1-6,15H,7H2,(H2,12,14). The van der Waals surface area contributed by atoms with Crippen LogP contribution >= 0.6 is 11.3 Å². The van der Waals surface area contributed by atoms with Crippen LogP contribution in [0.5, 0.6) is 5.75 Å². The summed E-state index contributed by atoms with van der Waals surface area (Å²) < 4.78 is 5.54. The van der Waals surface area contributed by atoms with Crippen molar-refractivity contribution in [2.75, 3.05) is 0 Å². The summed E-state index contributed by atoms with van der Waals surface area (Å²) >= 11 is 1.53. The molecule has 0 fully saturated rings. The van der Waals surface area contributed by atoms with Gasteiger partial charge in [-0.25, -0.2) is 4.98 Å². The molecule has 0 saturated carbocycles. The molecule has 17 heavy (non-hydrogen) atoms. The van der Waals surface area contributed by atoms with Crippen LogP contribution in [0.4, 0.5) is 0 Å². The van der Waals surface area contributed by atoms with Gasteiger partial charge >= 0.3 is 0 Å². The van der Waals surface area contributed by atoms with Crippen molar-refractivity contribution in [1.29, 1.82) is 0 Å². The number of thiazole rings is 1. The van der Waals surface area contributed by atoms with Gasteiger partial charge in [0.1, 0.15) is 17.4 Å². The van der Waals surface area contributed by atoms with Crippen molar-refractivity contribution >= 4 is 17.2 Å². The van der Waals surface area contributed by atoms with Gasteiger partial charge in [0.2, 0.25) is 0 Å². The number of benzene rings is 1. The molecule has 0 atom stereocenters. The zero-order chi connectivity index (χ0) is 12.1. The first kappa shape index (κ1) is 11.4. The number of amidine groups is 1. The zero-order valence-corrected chi connectivity index (χ0v) is 9.72. The molecule has 6 heteroatoms. The molecule has 1 aromatic carbocycles. The number of oxime groups is 1. The quantitative estimate of drug-likeness (QED) is 0.375. The third-order valence-corrected chi connectivity index (χ3v) is 2.84. The Labute approximate surface area is 102 Å². The Balaban J connectivity index is 2.06. The highest BCUT2D eigenvalue weighted by molar-refractivity contribution is 7.09. The van der Waals surface area contributed by atoms with E-state index in [1.54, 1.807) is 24.4 Å². The minimum absolute atomic E-state index is 0.0599. The lowest BCUT2D eigenvalue weighted by Crippen LogP contribution is -2.12. The molecule has 0 bridgehead atoms. The van der Waals surface area contributed by atoms with Gasteiger partial charge in [0, 0.05) is 17.1 Å². The Hall–Kier alpha value is -2.08. The van der Waals surface area contributed by atoms with E-state index >= 15 is 0 Å². The van der Waals surface area contributed by atoms with Gasteiger partial charge in [0.05, 0.1) is 0 Å². The van der Waals surface area contributed by atoms with Gasteiger partial charge in [-0.1, -0.05) is 17.3 Å². The summed E-state index contributed by atoms with van der Waals surface area (Å²) in [4.78, 5) is 4.11. The van der Waals surface area contributed by atoms with E-state index in [0.717, 1.165) is 5.01 Å². The first-order valence-electron chi connectivity index (χ1n) is 4.88. The van der Waals surface area contributed by atoms with Gasteiger partial charge in [0.15, 0.2) is 5.84 Å². The number of ether oxygens (including phenoxy) is 1. The number of nitrogens with two attached hydrogens (primary N) is 1. The second-order valence-corrected chi connectivity index (χ2v) is 4.21. The monoisotopic (exact) mass is 249 g/mol. The molecule has 0 aliphatic rings. The van der Waals surface area contributed by atoms with E-state index in [1.807, 2.05) is 11.4 Å². The molecule has 1 aromatic heterocycles. The molecule has 1 heterocycles. The molecule has 0 amide bonds. The Morgan fingerprint density at radius 3 is 3.12 bits per heavy atom. The van der Waals surface area contributed by atoms with Crippen LogP contribution in [0.1, 0.15) is 10.6 Å². The summed E-state index contributed by atoms with van der Waals surface area (Å²) in [5.74, 6) is 0.717. The van der Waals surface area contributed by atoms with Gasteiger partial charge < -0.3 is 15.7 Å². The molecule has 0 saturated heterocycles. The summed E-state index contributed by atoms with van der Waals surface area (Å²) in [6.07, 6.45) is 1.73. The number of rotatable bonds is 4. The Bertz CT molecular complexity index is 511. The maximum Gasteiger partial charge on any atom is 0.170 e. The highest BCUT2D eigenvalue weighted by Crippen LogP contribution is 2.15. The van der Waals surface area contributed by atoms with E-state index in [4.69, 9.17) is 15.7 Å². The van der Waals surface area contributed by atoms with Crippen molar-refractivity contribution in [2.45, 2.75) is 6.61 Å². The molecular formula is C11H11N3O2S. The summed E-state index contributed by atoms with van der Waals surface area (Å²) in [6, 6.07) is 7.04. The first-order chi connectivity index (χ1) is 8.29. The van der Waals surface area contributed by atoms with Crippen LogP contribution in [-0.2, 0) is 6.61 Å². The van der Waals surface area contributed by atoms with Crippen molar-refractivity contribution in [1.82, 2.24) is 4.98 Å². The molecule has 2 aromatic rings. The molecule has 0 aliphatic carbocycles. The molecule has 5 nitrogen and oxygen atoms in total. The zero-order valence-electron chi connectivity index (χ0n) is 8.91. The van der Waals surface area contributed by atoms with Gasteiger partial charge in [-0.05, 0) is 12.1 Å². The highest BCUT2D eigenvalue weighted by atomic mass is 32.1. The Morgan fingerprint density at radius 2 is 2.41 bits per heavy atom. The maximum atomic E-state index is 8.57. The Kier molecular flexibility index (Phi) is 3.56. The fraction of sp³-hybridized carbons (Fsp3) is 0.0909. The molecule has 0 radical (unpaired) electrons. The fourth-order valence-corrected chi connectivity index (χ4v) is 1.80. The van der Waals surface area contributed by atoms with E-state index in [-0.39, 0.29) is 5.84 Å². The van der Waals surface area contributed by atoms with E-state index in [2.05, 4.69) is 10.1 Å². The van der Waals surface area contributed by atoms with Gasteiger partial charge in [-0.3, -0.25) is 0 Å². The highest BCUT2D eigenvalue weighted by Gasteiger charge is 2.02. The lowest BCUT2D eigenvalue weighted by Gasteiger charge is -2.05. The topological polar surface area (TPSA) is 80.7 Å². The van der Waals surface area contributed by atoms with Gasteiger partial charge in [0.25, 0.3) is 0 Å². The van der Waals surface area contributed by atoms with Crippen molar-refractivity contribution in [2.24, 2.45) is 10.9 Å². The lowest BCUT2D eigenvalue weighted by molar-refractivity contribution is 0.305. The SMILES string of the molecule is NC(=NO)c1cccc(OCc2nccs2)c1. The molecular weight excluding hydrogens is 238 g/mol. The fourth-order valence-electron chi connectivity index (χ4n) is 1.27. The van der Waals surface area contributed by atoms with Gasteiger partial charge in [-0.2, -0.15) is 0 Å². The average molecular weight is 249 g/mol. The molecule has 0 spiro atoms. The number of hydrogen-bond acceptors (Lipinski definition) is 5. The minimum Gasteiger partial charge on any atom is -0.486 e. The molecule has 0 unspecified atom stereocenters. The first-order valence-corrected chi connectivity index (χ1v) is 5.76. The molecule has 3 N–H and O–H groups in total. The summed E-state index contributed by atoms with van der Waals surface area (Å²) in [5, 5.41) is 14.3. The van der Waals surface area contributed by atoms with Crippen LogP contribution in [0.2, 0.25) is 0 Å². The van der Waals surface area contributed by atoms with Crippen LogP contribution in [0, 0.1) is 0 Å². The predicted molar refractivity (Wildman–Crippen MR) is 65.4 cm³/mol. The van der Waals surface area contributed by atoms with Crippen LogP contribution < -0.4 is 10.5 Å². The van der Waals surface area contributed by atoms with Gasteiger partial charge in [-0.15, -0.1) is 11.3 Å². The molecule has 0 aliphatic heterocycles. The molecule has 2 rings (SSSR count). The van der Waals surface area contributed by atoms with E-state index < -0.39 is 0 Å². The second kappa shape index (κ2) is 5.31. The van der Waals surface area contributed by atoms with Crippen molar-refractivity contribution in [3.05, 3.63) is 46.4 Å². The van der Waals surface area contributed by atoms with Crippen molar-refractivity contribution in [3.8, 4) is 5.75 Å². The normalized spacial score (nSPS) is 11.4. The predicted octanol–water partition coefficient (Wildman–Crippen LogP) is 1.82. The minimum atomic E-state index is 0.0599. The van der Waals surface area contributed by atoms with Crippen molar-refractivity contribution in [3.63, 3.8) is 0 Å². The van der Waals surface area contributed by atoms with Crippen LogP contribution in [0.25, 0.3) is 0 Å². The van der Waals surface area contributed by atoms with Crippen LogP contribution in [-0.4, -0.2) is 16.0 Å². The van der Waals surface area contributed by atoms with E-state index in [1.165, 1.54) is 11.3 Å². The Morgan fingerprint density at radius 1 is 1.53 bits per heavy atom. The second-order valence-electron chi connectivity index (χ2n) is 3.23. The number of hydrogen-bond donors (Lipinski definition) is 2. The number of nitrogens with zero attached hydrogens (tertiary/aromatic N) is 2. The summed E-state index contributed by atoms with van der Waals surface area (Å²) in [6.45, 7) is 0.414. The van der Waals surface area contributed by atoms with E-state index in [0.29, 0.717) is 17.9 Å². The smallest absolute Gasteiger partial charge is 0.170 e. The lowest BCUT2D eigenvalue weighted by atomic mass is 10.2. The van der Waals surface area contributed by atoms with Crippen molar-refractivity contribution < 1.29 is 9.94 Å². The third kappa shape index (κ3) is 2.94. The maximum absolute atomic E-state index is 8.57. The van der Waals surface area contributed by atoms with E-state index in [9.17, 15) is 0 Å².